The fourth-order valence-corrected chi connectivity index (χ4v) is 3.27. The van der Waals surface area contributed by atoms with E-state index in [1.165, 1.54) is 25.2 Å². The summed E-state index contributed by atoms with van der Waals surface area (Å²) in [6, 6.07) is 12.2. The van der Waals surface area contributed by atoms with Crippen molar-refractivity contribution in [1.29, 1.82) is 0 Å². The van der Waals surface area contributed by atoms with Crippen molar-refractivity contribution in [3.05, 3.63) is 59.9 Å². The van der Waals surface area contributed by atoms with Gasteiger partial charge in [-0.2, -0.15) is 4.31 Å². The van der Waals surface area contributed by atoms with Crippen molar-refractivity contribution in [2.75, 3.05) is 12.5 Å². The molecule has 0 radical (unpaired) electrons. The first kappa shape index (κ1) is 15.4. The number of nitrogens with zero attached hydrogens (tertiary/aromatic N) is 1. The zero-order valence-corrected chi connectivity index (χ0v) is 12.3. The molecular weight excluding hydrogens is 293 g/mol. The Bertz CT molecular complexity index is 735. The van der Waals surface area contributed by atoms with E-state index in [1.54, 1.807) is 30.3 Å². The van der Waals surface area contributed by atoms with Crippen LogP contribution in [0.25, 0.3) is 0 Å². The number of para-hydroxylation sites is 1. The average molecular weight is 309 g/mol. The van der Waals surface area contributed by atoms with Crippen molar-refractivity contribution >= 4 is 15.7 Å². The molecule has 0 aliphatic carbocycles. The van der Waals surface area contributed by atoms with Crippen LogP contribution in [-0.4, -0.2) is 19.8 Å². The maximum absolute atomic E-state index is 13.2. The topological polar surface area (TPSA) is 75.4 Å². The fourth-order valence-electron chi connectivity index (χ4n) is 1.96. The summed E-state index contributed by atoms with van der Waals surface area (Å²) < 4.78 is 39.4. The van der Waals surface area contributed by atoms with E-state index in [4.69, 9.17) is 5.84 Å². The predicted molar refractivity (Wildman–Crippen MR) is 79.3 cm³/mol. The Morgan fingerprint density at radius 1 is 1.19 bits per heavy atom. The normalized spacial score (nSPS) is 11.6. The third-order valence-electron chi connectivity index (χ3n) is 3.03. The van der Waals surface area contributed by atoms with Gasteiger partial charge in [0.1, 0.15) is 10.7 Å². The molecule has 2 rings (SSSR count). The quantitative estimate of drug-likeness (QED) is 0.654. The van der Waals surface area contributed by atoms with Gasteiger partial charge < -0.3 is 5.43 Å². The maximum Gasteiger partial charge on any atom is 0.245 e. The molecule has 0 heterocycles. The summed E-state index contributed by atoms with van der Waals surface area (Å²) in [5.74, 6) is 4.94. The molecule has 0 saturated carbocycles. The Morgan fingerprint density at radius 3 is 2.57 bits per heavy atom. The van der Waals surface area contributed by atoms with Gasteiger partial charge in [-0.3, -0.25) is 5.84 Å². The van der Waals surface area contributed by atoms with E-state index in [1.807, 2.05) is 0 Å². The van der Waals surface area contributed by atoms with Crippen molar-refractivity contribution in [3.8, 4) is 0 Å². The van der Waals surface area contributed by atoms with Crippen LogP contribution >= 0.6 is 0 Å². The molecule has 0 aromatic heterocycles. The minimum atomic E-state index is -3.72. The number of nitrogens with two attached hydrogens (primary N) is 1. The average Bonchev–Trinajstić information content (AvgIpc) is 2.47. The van der Waals surface area contributed by atoms with Gasteiger partial charge in [0.15, 0.2) is 0 Å². The highest BCUT2D eigenvalue weighted by atomic mass is 32.2. The molecule has 0 amide bonds. The van der Waals surface area contributed by atoms with E-state index in [-0.39, 0.29) is 11.4 Å². The zero-order chi connectivity index (χ0) is 15.5. The molecular formula is C14H16FN3O2S. The largest absolute Gasteiger partial charge is 0.323 e. The lowest BCUT2D eigenvalue weighted by atomic mass is 10.2. The molecule has 0 bridgehead atoms. The lowest BCUT2D eigenvalue weighted by molar-refractivity contribution is 0.465. The first-order valence-electron chi connectivity index (χ1n) is 6.21. The molecule has 112 valence electrons. The van der Waals surface area contributed by atoms with Gasteiger partial charge >= 0.3 is 0 Å². The van der Waals surface area contributed by atoms with Crippen LogP contribution in [0.1, 0.15) is 5.56 Å². The number of nitrogens with one attached hydrogen (secondary N) is 1. The highest BCUT2D eigenvalue weighted by Gasteiger charge is 2.23. The van der Waals surface area contributed by atoms with Crippen molar-refractivity contribution < 1.29 is 12.8 Å². The molecule has 21 heavy (non-hydrogen) atoms. The number of nitrogen functional groups attached to an aromatic ring is 1. The fraction of sp³-hybridized carbons (Fsp3) is 0.143. The molecule has 0 aliphatic rings. The number of benzene rings is 2. The van der Waals surface area contributed by atoms with Gasteiger partial charge in [0, 0.05) is 13.6 Å². The van der Waals surface area contributed by atoms with Crippen molar-refractivity contribution in [3.63, 3.8) is 0 Å². The lowest BCUT2D eigenvalue weighted by Gasteiger charge is -2.19. The summed E-state index contributed by atoms with van der Waals surface area (Å²) in [5, 5.41) is 0. The number of rotatable bonds is 5. The Morgan fingerprint density at radius 2 is 1.90 bits per heavy atom. The molecule has 5 nitrogen and oxygen atoms in total. The van der Waals surface area contributed by atoms with Crippen LogP contribution < -0.4 is 11.3 Å². The molecule has 0 unspecified atom stereocenters. The van der Waals surface area contributed by atoms with Crippen LogP contribution in [0, 0.1) is 5.82 Å². The second kappa shape index (κ2) is 6.21. The number of sulfonamides is 1. The molecule has 7 heteroatoms. The molecule has 2 aromatic carbocycles. The standard InChI is InChI=1S/C14H16FN3O2S/c1-18(10-11-5-4-6-12(15)9-11)21(19,20)14-8-3-2-7-13(14)17-16/h2-9,17H,10,16H2,1H3. The van der Waals surface area contributed by atoms with E-state index in [2.05, 4.69) is 5.43 Å². The predicted octanol–water partition coefficient (Wildman–Crippen LogP) is 1.93. The van der Waals surface area contributed by atoms with Gasteiger partial charge in [-0.05, 0) is 29.8 Å². The second-order valence-corrected chi connectivity index (χ2v) is 6.54. The lowest BCUT2D eigenvalue weighted by Crippen LogP contribution is -2.27. The van der Waals surface area contributed by atoms with Gasteiger partial charge in [0.05, 0.1) is 5.69 Å². The van der Waals surface area contributed by atoms with Crippen molar-refractivity contribution in [2.45, 2.75) is 11.4 Å². The summed E-state index contributed by atoms with van der Waals surface area (Å²) in [5.41, 5.74) is 3.24. The summed E-state index contributed by atoms with van der Waals surface area (Å²) in [6.45, 7) is 0.0685. The Kier molecular flexibility index (Phi) is 4.56. The Hall–Kier alpha value is -1.96. The summed E-state index contributed by atoms with van der Waals surface area (Å²) in [7, 11) is -2.29. The summed E-state index contributed by atoms with van der Waals surface area (Å²) in [4.78, 5) is 0.0754. The van der Waals surface area contributed by atoms with E-state index in [0.717, 1.165) is 4.31 Å². The molecule has 2 aromatic rings. The van der Waals surface area contributed by atoms with E-state index in [0.29, 0.717) is 11.3 Å². The molecule has 0 atom stereocenters. The van der Waals surface area contributed by atoms with E-state index in [9.17, 15) is 12.8 Å². The number of halogens is 1. The van der Waals surface area contributed by atoms with Crippen molar-refractivity contribution in [2.24, 2.45) is 5.84 Å². The maximum atomic E-state index is 13.2. The minimum Gasteiger partial charge on any atom is -0.323 e. The first-order valence-corrected chi connectivity index (χ1v) is 7.65. The van der Waals surface area contributed by atoms with Crippen LogP contribution in [0.3, 0.4) is 0 Å². The zero-order valence-electron chi connectivity index (χ0n) is 11.5. The van der Waals surface area contributed by atoms with E-state index >= 15 is 0 Å². The summed E-state index contributed by atoms with van der Waals surface area (Å²) in [6.07, 6.45) is 0. The number of hydrogen-bond donors (Lipinski definition) is 2. The monoisotopic (exact) mass is 309 g/mol. The third-order valence-corrected chi connectivity index (χ3v) is 4.89. The highest BCUT2D eigenvalue weighted by molar-refractivity contribution is 7.89. The van der Waals surface area contributed by atoms with Gasteiger partial charge in [0.25, 0.3) is 0 Å². The summed E-state index contributed by atoms with van der Waals surface area (Å²) >= 11 is 0. The minimum absolute atomic E-state index is 0.0685. The SMILES string of the molecule is CN(Cc1cccc(F)c1)S(=O)(=O)c1ccccc1NN. The van der Waals surface area contributed by atoms with Crippen molar-refractivity contribution in [1.82, 2.24) is 4.31 Å². The van der Waals surface area contributed by atoms with Crippen LogP contribution in [0.5, 0.6) is 0 Å². The molecule has 0 spiro atoms. The first-order chi connectivity index (χ1) is 9.95. The van der Waals surface area contributed by atoms with Gasteiger partial charge in [-0.25, -0.2) is 12.8 Å². The van der Waals surface area contributed by atoms with Crippen LogP contribution in [0.4, 0.5) is 10.1 Å². The Labute approximate surface area is 123 Å². The third kappa shape index (κ3) is 3.38. The molecule has 0 fully saturated rings. The highest BCUT2D eigenvalue weighted by Crippen LogP contribution is 2.24. The molecule has 0 aliphatic heterocycles. The molecule has 0 saturated heterocycles. The molecule has 3 N–H and O–H groups in total. The van der Waals surface area contributed by atoms with Crippen LogP contribution in [0.2, 0.25) is 0 Å². The van der Waals surface area contributed by atoms with Gasteiger partial charge in [-0.15, -0.1) is 0 Å². The number of hydrogen-bond acceptors (Lipinski definition) is 4. The van der Waals surface area contributed by atoms with Crippen LogP contribution in [-0.2, 0) is 16.6 Å². The van der Waals surface area contributed by atoms with Gasteiger partial charge in [0.2, 0.25) is 10.0 Å². The smallest absolute Gasteiger partial charge is 0.245 e. The Balaban J connectivity index is 2.31. The second-order valence-electron chi connectivity index (χ2n) is 4.53. The van der Waals surface area contributed by atoms with E-state index < -0.39 is 15.8 Å². The number of anilines is 1. The van der Waals surface area contributed by atoms with Crippen LogP contribution in [0.15, 0.2) is 53.4 Å². The van der Waals surface area contributed by atoms with Gasteiger partial charge in [-0.1, -0.05) is 24.3 Å². The number of hydrazine groups is 1.